The third kappa shape index (κ3) is 5.12. The van der Waals surface area contributed by atoms with E-state index in [1.807, 2.05) is 25.2 Å². The Balaban J connectivity index is 0.00000264. The average Bonchev–Trinajstić information content (AvgIpc) is 2.96. The number of likely N-dealkylation sites (N-methyl/N-ethyl adjacent to an activating group) is 1. The third-order valence-electron chi connectivity index (χ3n) is 3.53. The first-order chi connectivity index (χ1) is 10.4. The first-order valence-electron chi connectivity index (χ1n) is 7.55. The molecular weight excluding hydrogens is 312 g/mol. The first-order valence-corrected chi connectivity index (χ1v) is 7.55. The molecule has 1 aromatic heterocycles. The van der Waals surface area contributed by atoms with Crippen LogP contribution in [0, 0.1) is 0 Å². The fourth-order valence-electron chi connectivity index (χ4n) is 2.14. The van der Waals surface area contributed by atoms with E-state index in [9.17, 15) is 4.79 Å². The van der Waals surface area contributed by atoms with Crippen LogP contribution < -0.4 is 10.6 Å². The number of rotatable bonds is 5. The highest BCUT2D eigenvalue weighted by molar-refractivity contribution is 5.92. The van der Waals surface area contributed by atoms with Gasteiger partial charge in [-0.25, -0.2) is 0 Å². The average molecular weight is 337 g/mol. The van der Waals surface area contributed by atoms with Crippen molar-refractivity contribution in [3.8, 4) is 11.3 Å². The molecule has 0 aliphatic heterocycles. The van der Waals surface area contributed by atoms with Crippen molar-refractivity contribution in [1.82, 2.24) is 10.6 Å². The molecule has 1 amide bonds. The minimum atomic E-state index is -0.187. The van der Waals surface area contributed by atoms with Gasteiger partial charge in [-0.3, -0.25) is 4.79 Å². The largest absolute Gasteiger partial charge is 0.451 e. The van der Waals surface area contributed by atoms with Crippen molar-refractivity contribution in [1.29, 1.82) is 0 Å². The van der Waals surface area contributed by atoms with Gasteiger partial charge in [0.05, 0.1) is 0 Å². The van der Waals surface area contributed by atoms with Gasteiger partial charge in [0.1, 0.15) is 5.76 Å². The van der Waals surface area contributed by atoms with E-state index in [-0.39, 0.29) is 23.7 Å². The molecule has 4 nitrogen and oxygen atoms in total. The predicted octanol–water partition coefficient (Wildman–Crippen LogP) is 3.62. The molecule has 2 aromatic rings. The number of hydrogen-bond acceptors (Lipinski definition) is 3. The Hall–Kier alpha value is -1.78. The van der Waals surface area contributed by atoms with E-state index < -0.39 is 0 Å². The Kier molecular flexibility index (Phi) is 6.85. The SMILES string of the molecule is CNCCNC(=O)c1ccc(-c2ccc(C(C)(C)C)cc2)o1.Cl. The molecule has 23 heavy (non-hydrogen) atoms. The third-order valence-corrected chi connectivity index (χ3v) is 3.53. The van der Waals surface area contributed by atoms with Crippen LogP contribution in [-0.2, 0) is 5.41 Å². The van der Waals surface area contributed by atoms with Crippen molar-refractivity contribution in [2.75, 3.05) is 20.1 Å². The Morgan fingerprint density at radius 3 is 2.26 bits per heavy atom. The first kappa shape index (κ1) is 19.3. The smallest absolute Gasteiger partial charge is 0.287 e. The van der Waals surface area contributed by atoms with Gasteiger partial charge >= 0.3 is 0 Å². The van der Waals surface area contributed by atoms with Crippen LogP contribution in [0.1, 0.15) is 36.9 Å². The van der Waals surface area contributed by atoms with Crippen molar-refractivity contribution in [3.05, 3.63) is 47.7 Å². The topological polar surface area (TPSA) is 54.3 Å². The van der Waals surface area contributed by atoms with Gasteiger partial charge < -0.3 is 15.1 Å². The van der Waals surface area contributed by atoms with Crippen LogP contribution in [0.2, 0.25) is 0 Å². The van der Waals surface area contributed by atoms with Crippen LogP contribution in [0.3, 0.4) is 0 Å². The number of benzene rings is 1. The lowest BCUT2D eigenvalue weighted by Crippen LogP contribution is -2.30. The van der Waals surface area contributed by atoms with Crippen molar-refractivity contribution < 1.29 is 9.21 Å². The zero-order chi connectivity index (χ0) is 16.2. The molecule has 0 bridgehead atoms. The zero-order valence-corrected chi connectivity index (χ0v) is 14.9. The lowest BCUT2D eigenvalue weighted by Gasteiger charge is -2.18. The summed E-state index contributed by atoms with van der Waals surface area (Å²) in [4.78, 5) is 11.9. The van der Waals surface area contributed by atoms with Gasteiger partial charge in [0.25, 0.3) is 5.91 Å². The number of halogens is 1. The Labute approximate surface area is 144 Å². The number of hydrogen-bond donors (Lipinski definition) is 2. The molecular formula is C18H25ClN2O2. The molecule has 0 atom stereocenters. The van der Waals surface area contributed by atoms with Gasteiger partial charge in [0, 0.05) is 18.7 Å². The highest BCUT2D eigenvalue weighted by Crippen LogP contribution is 2.27. The molecule has 0 saturated carbocycles. The molecule has 0 radical (unpaired) electrons. The predicted molar refractivity (Wildman–Crippen MR) is 96.4 cm³/mol. The second-order valence-electron chi connectivity index (χ2n) is 6.35. The zero-order valence-electron chi connectivity index (χ0n) is 14.1. The maximum atomic E-state index is 11.9. The molecule has 2 N–H and O–H groups in total. The van der Waals surface area contributed by atoms with Crippen molar-refractivity contribution in [3.63, 3.8) is 0 Å². The van der Waals surface area contributed by atoms with Crippen molar-refractivity contribution in [2.24, 2.45) is 0 Å². The quantitative estimate of drug-likeness (QED) is 0.820. The summed E-state index contributed by atoms with van der Waals surface area (Å²) in [5, 5.41) is 5.78. The fourth-order valence-corrected chi connectivity index (χ4v) is 2.14. The standard InChI is InChI=1S/C18H24N2O2.ClH/c1-18(2,3)14-7-5-13(6-8-14)15-9-10-16(22-15)17(21)20-12-11-19-4;/h5-10,19H,11-12H2,1-4H3,(H,20,21);1H. The summed E-state index contributed by atoms with van der Waals surface area (Å²) in [5.74, 6) is 0.859. The summed E-state index contributed by atoms with van der Waals surface area (Å²) in [6.45, 7) is 7.85. The maximum Gasteiger partial charge on any atom is 0.287 e. The van der Waals surface area contributed by atoms with Crippen molar-refractivity contribution in [2.45, 2.75) is 26.2 Å². The number of amides is 1. The Morgan fingerprint density at radius 2 is 1.70 bits per heavy atom. The Morgan fingerprint density at radius 1 is 1.04 bits per heavy atom. The second-order valence-corrected chi connectivity index (χ2v) is 6.35. The summed E-state index contributed by atoms with van der Waals surface area (Å²) in [5.41, 5.74) is 2.37. The van der Waals surface area contributed by atoms with E-state index in [1.54, 1.807) is 6.07 Å². The summed E-state index contributed by atoms with van der Waals surface area (Å²) in [7, 11) is 1.85. The molecule has 1 heterocycles. The van der Waals surface area contributed by atoms with Crippen LogP contribution in [0.15, 0.2) is 40.8 Å². The van der Waals surface area contributed by atoms with E-state index in [2.05, 4.69) is 43.5 Å². The monoisotopic (exact) mass is 336 g/mol. The second kappa shape index (κ2) is 8.18. The summed E-state index contributed by atoms with van der Waals surface area (Å²) >= 11 is 0. The van der Waals surface area contributed by atoms with E-state index in [1.165, 1.54) is 5.56 Å². The van der Waals surface area contributed by atoms with E-state index in [4.69, 9.17) is 4.42 Å². The van der Waals surface area contributed by atoms with Crippen LogP contribution in [0.4, 0.5) is 0 Å². The molecule has 2 rings (SSSR count). The number of carbonyl (C=O) groups excluding carboxylic acids is 1. The molecule has 0 spiro atoms. The Bertz CT molecular complexity index is 627. The fraction of sp³-hybridized carbons (Fsp3) is 0.389. The van der Waals surface area contributed by atoms with Gasteiger partial charge in [0.15, 0.2) is 5.76 Å². The molecule has 0 fully saturated rings. The van der Waals surface area contributed by atoms with Crippen LogP contribution in [0.25, 0.3) is 11.3 Å². The van der Waals surface area contributed by atoms with E-state index in [0.717, 1.165) is 12.1 Å². The molecule has 0 aliphatic rings. The van der Waals surface area contributed by atoms with Gasteiger partial charge in [-0.05, 0) is 30.2 Å². The maximum absolute atomic E-state index is 11.9. The summed E-state index contributed by atoms with van der Waals surface area (Å²) in [6, 6.07) is 11.8. The highest BCUT2D eigenvalue weighted by Gasteiger charge is 2.15. The number of furan rings is 1. The molecule has 1 aromatic carbocycles. The summed E-state index contributed by atoms with van der Waals surface area (Å²) in [6.07, 6.45) is 0. The lowest BCUT2D eigenvalue weighted by atomic mass is 9.86. The highest BCUT2D eigenvalue weighted by atomic mass is 35.5. The normalized spacial score (nSPS) is 11.0. The minimum absolute atomic E-state index is 0. The molecule has 0 unspecified atom stereocenters. The van der Waals surface area contributed by atoms with Crippen LogP contribution in [-0.4, -0.2) is 26.0 Å². The van der Waals surface area contributed by atoms with Crippen molar-refractivity contribution >= 4 is 18.3 Å². The molecule has 0 aliphatic carbocycles. The van der Waals surface area contributed by atoms with Crippen LogP contribution >= 0.6 is 12.4 Å². The molecule has 126 valence electrons. The van der Waals surface area contributed by atoms with E-state index in [0.29, 0.717) is 18.1 Å². The van der Waals surface area contributed by atoms with E-state index >= 15 is 0 Å². The molecule has 0 saturated heterocycles. The van der Waals surface area contributed by atoms with Gasteiger partial charge in [0.2, 0.25) is 0 Å². The van der Waals surface area contributed by atoms with Gasteiger partial charge in [-0.15, -0.1) is 12.4 Å². The summed E-state index contributed by atoms with van der Waals surface area (Å²) < 4.78 is 5.66. The number of nitrogens with one attached hydrogen (secondary N) is 2. The number of carbonyl (C=O) groups is 1. The minimum Gasteiger partial charge on any atom is -0.451 e. The lowest BCUT2D eigenvalue weighted by molar-refractivity contribution is 0.0927. The molecule has 5 heteroatoms. The van der Waals surface area contributed by atoms with Crippen LogP contribution in [0.5, 0.6) is 0 Å². The van der Waals surface area contributed by atoms with Gasteiger partial charge in [-0.2, -0.15) is 0 Å². The van der Waals surface area contributed by atoms with Gasteiger partial charge in [-0.1, -0.05) is 45.0 Å².